The molecule has 1 aromatic rings. The molecule has 1 N–H and O–H groups in total. The lowest BCUT2D eigenvalue weighted by Gasteiger charge is -2.03. The summed E-state index contributed by atoms with van der Waals surface area (Å²) in [5.41, 5.74) is 1.87. The zero-order chi connectivity index (χ0) is 17.1. The van der Waals surface area contributed by atoms with Gasteiger partial charge < -0.3 is 5.32 Å². The summed E-state index contributed by atoms with van der Waals surface area (Å²) < 4.78 is 0. The molecule has 0 aliphatic carbocycles. The Balaban J connectivity index is 2.28. The van der Waals surface area contributed by atoms with Crippen molar-refractivity contribution in [2.24, 2.45) is 0 Å². The van der Waals surface area contributed by atoms with Crippen LogP contribution >= 0.6 is 11.8 Å². The Kier molecular flexibility index (Phi) is 8.98. The maximum Gasteiger partial charge on any atom is 0.216 e. The van der Waals surface area contributed by atoms with Crippen LogP contribution in [0.4, 0.5) is 0 Å². The summed E-state index contributed by atoms with van der Waals surface area (Å²) in [5.74, 6) is 0.240. The Bertz CT molecular complexity index is 567. The van der Waals surface area contributed by atoms with E-state index in [0.717, 1.165) is 24.6 Å². The summed E-state index contributed by atoms with van der Waals surface area (Å²) in [4.78, 5) is 34.4. The van der Waals surface area contributed by atoms with Crippen LogP contribution in [0.1, 0.15) is 32.3 Å². The number of ketones is 1. The van der Waals surface area contributed by atoms with E-state index in [0.29, 0.717) is 17.9 Å². The third kappa shape index (κ3) is 8.98. The molecule has 0 heterocycles. The van der Waals surface area contributed by atoms with Crippen molar-refractivity contribution in [2.75, 3.05) is 12.3 Å². The van der Waals surface area contributed by atoms with Gasteiger partial charge in [0.1, 0.15) is 0 Å². The van der Waals surface area contributed by atoms with Gasteiger partial charge in [0, 0.05) is 19.2 Å². The number of hydrogen-bond donors (Lipinski definition) is 1. The highest BCUT2D eigenvalue weighted by atomic mass is 32.2. The fourth-order valence-electron chi connectivity index (χ4n) is 1.93. The molecule has 0 bridgehead atoms. The van der Waals surface area contributed by atoms with E-state index >= 15 is 0 Å². The Morgan fingerprint density at radius 3 is 2.48 bits per heavy atom. The van der Waals surface area contributed by atoms with Crippen LogP contribution in [0.3, 0.4) is 0 Å². The van der Waals surface area contributed by atoms with Gasteiger partial charge in [0.15, 0.2) is 10.9 Å². The maximum absolute atomic E-state index is 12.0. The topological polar surface area (TPSA) is 63.2 Å². The molecule has 1 amide bonds. The normalized spacial score (nSPS) is 11.1. The van der Waals surface area contributed by atoms with Crippen LogP contribution in [0.15, 0.2) is 42.0 Å². The van der Waals surface area contributed by atoms with Crippen molar-refractivity contribution in [1.29, 1.82) is 0 Å². The van der Waals surface area contributed by atoms with Crippen LogP contribution in [-0.2, 0) is 20.8 Å². The van der Waals surface area contributed by atoms with Gasteiger partial charge in [0.05, 0.1) is 6.42 Å². The van der Waals surface area contributed by atoms with Crippen molar-refractivity contribution in [3.05, 3.63) is 47.5 Å². The number of allylic oxidation sites excluding steroid dienone is 2. The molecule has 4 nitrogen and oxygen atoms in total. The van der Waals surface area contributed by atoms with Gasteiger partial charge in [-0.3, -0.25) is 14.4 Å². The van der Waals surface area contributed by atoms with Crippen molar-refractivity contribution < 1.29 is 14.4 Å². The van der Waals surface area contributed by atoms with Crippen LogP contribution in [0.2, 0.25) is 0 Å². The van der Waals surface area contributed by atoms with E-state index in [9.17, 15) is 14.4 Å². The average molecular weight is 333 g/mol. The SMILES string of the molecule is CC(=O)NCCSC(=O)CC(=O)C(C)=CCCc1ccccc1. The lowest BCUT2D eigenvalue weighted by Crippen LogP contribution is -2.23. The second kappa shape index (κ2) is 10.8. The number of Topliss-reactive ketones (excluding diaryl/α,β-unsaturated/α-hetero) is 1. The minimum absolute atomic E-state index is 0.0849. The maximum atomic E-state index is 12.0. The first-order valence-corrected chi connectivity index (χ1v) is 8.61. The molecule has 5 heteroatoms. The molecule has 1 aromatic carbocycles. The van der Waals surface area contributed by atoms with Crippen molar-refractivity contribution >= 4 is 28.6 Å². The van der Waals surface area contributed by atoms with Crippen LogP contribution in [-0.4, -0.2) is 29.1 Å². The second-order valence-electron chi connectivity index (χ2n) is 5.21. The Morgan fingerprint density at radius 1 is 1.13 bits per heavy atom. The predicted octanol–water partition coefficient (Wildman–Crippen LogP) is 2.92. The second-order valence-corrected chi connectivity index (χ2v) is 6.37. The Labute approximate surface area is 141 Å². The molecule has 0 radical (unpaired) electrons. The predicted molar refractivity (Wildman–Crippen MR) is 94.3 cm³/mol. The molecule has 0 atom stereocenters. The molecule has 23 heavy (non-hydrogen) atoms. The largest absolute Gasteiger partial charge is 0.356 e. The molecular weight excluding hydrogens is 310 g/mol. The molecule has 0 aliphatic heterocycles. The average Bonchev–Trinajstić information content (AvgIpc) is 2.52. The van der Waals surface area contributed by atoms with E-state index in [1.165, 1.54) is 12.5 Å². The third-order valence-electron chi connectivity index (χ3n) is 3.21. The zero-order valence-electron chi connectivity index (χ0n) is 13.6. The quantitative estimate of drug-likeness (QED) is 0.429. The van der Waals surface area contributed by atoms with Gasteiger partial charge in [0.2, 0.25) is 5.91 Å². The van der Waals surface area contributed by atoms with Crippen LogP contribution in [0, 0.1) is 0 Å². The highest BCUT2D eigenvalue weighted by Crippen LogP contribution is 2.10. The standard InChI is InChI=1S/C18H23NO3S/c1-14(7-6-10-16-8-4-3-5-9-16)17(21)13-18(22)23-12-11-19-15(2)20/h3-5,7-9H,6,10-13H2,1-2H3,(H,19,20). The van der Waals surface area contributed by atoms with Crippen LogP contribution in [0.5, 0.6) is 0 Å². The lowest BCUT2D eigenvalue weighted by molar-refractivity contribution is -0.121. The van der Waals surface area contributed by atoms with Gasteiger partial charge in [-0.05, 0) is 30.9 Å². The number of aryl methyl sites for hydroxylation is 1. The van der Waals surface area contributed by atoms with Crippen molar-refractivity contribution in [1.82, 2.24) is 5.32 Å². The number of amides is 1. The number of carbonyl (C=O) groups is 3. The molecule has 0 aromatic heterocycles. The summed E-state index contributed by atoms with van der Waals surface area (Å²) in [6.07, 6.45) is 3.47. The number of benzene rings is 1. The Hall–Kier alpha value is -1.88. The number of carbonyl (C=O) groups excluding carboxylic acids is 3. The van der Waals surface area contributed by atoms with Crippen molar-refractivity contribution in [3.63, 3.8) is 0 Å². The molecule has 0 spiro atoms. The summed E-state index contributed by atoms with van der Waals surface area (Å²) in [6, 6.07) is 10.1. The molecular formula is C18H23NO3S. The number of hydrogen-bond acceptors (Lipinski definition) is 4. The minimum atomic E-state index is -0.156. The van der Waals surface area contributed by atoms with Gasteiger partial charge in [-0.15, -0.1) is 0 Å². The summed E-state index contributed by atoms with van der Waals surface area (Å²) in [7, 11) is 0. The first-order valence-electron chi connectivity index (χ1n) is 7.63. The van der Waals surface area contributed by atoms with E-state index in [1.54, 1.807) is 6.92 Å². The molecule has 0 saturated carbocycles. The smallest absolute Gasteiger partial charge is 0.216 e. The molecule has 124 valence electrons. The van der Waals surface area contributed by atoms with E-state index in [4.69, 9.17) is 0 Å². The number of thioether (sulfide) groups is 1. The molecule has 1 rings (SSSR count). The minimum Gasteiger partial charge on any atom is -0.356 e. The zero-order valence-corrected chi connectivity index (χ0v) is 14.4. The van der Waals surface area contributed by atoms with Gasteiger partial charge in [-0.25, -0.2) is 0 Å². The monoisotopic (exact) mass is 333 g/mol. The van der Waals surface area contributed by atoms with E-state index in [-0.39, 0.29) is 23.2 Å². The van der Waals surface area contributed by atoms with Crippen molar-refractivity contribution in [3.8, 4) is 0 Å². The molecule has 0 unspecified atom stereocenters. The van der Waals surface area contributed by atoms with Crippen LogP contribution < -0.4 is 5.32 Å². The van der Waals surface area contributed by atoms with Gasteiger partial charge in [-0.1, -0.05) is 48.2 Å². The van der Waals surface area contributed by atoms with E-state index < -0.39 is 0 Å². The van der Waals surface area contributed by atoms with Gasteiger partial charge in [-0.2, -0.15) is 0 Å². The first-order chi connectivity index (χ1) is 11.0. The highest BCUT2D eigenvalue weighted by Gasteiger charge is 2.11. The van der Waals surface area contributed by atoms with E-state index in [2.05, 4.69) is 17.4 Å². The van der Waals surface area contributed by atoms with Gasteiger partial charge >= 0.3 is 0 Å². The first kappa shape index (κ1) is 19.2. The summed E-state index contributed by atoms with van der Waals surface area (Å²) >= 11 is 1.08. The number of nitrogens with one attached hydrogen (secondary N) is 1. The summed E-state index contributed by atoms with van der Waals surface area (Å²) in [5, 5.41) is 2.46. The highest BCUT2D eigenvalue weighted by molar-refractivity contribution is 8.13. The molecule has 0 fully saturated rings. The molecule has 0 aliphatic rings. The molecule has 0 saturated heterocycles. The van der Waals surface area contributed by atoms with Crippen LogP contribution in [0.25, 0.3) is 0 Å². The number of rotatable bonds is 9. The third-order valence-corrected chi connectivity index (χ3v) is 4.08. The Morgan fingerprint density at radius 2 is 1.83 bits per heavy atom. The lowest BCUT2D eigenvalue weighted by atomic mass is 10.1. The fourth-order valence-corrected chi connectivity index (χ4v) is 2.59. The van der Waals surface area contributed by atoms with Crippen molar-refractivity contribution in [2.45, 2.75) is 33.1 Å². The van der Waals surface area contributed by atoms with Gasteiger partial charge in [0.25, 0.3) is 0 Å². The van der Waals surface area contributed by atoms with E-state index in [1.807, 2.05) is 24.3 Å². The summed E-state index contributed by atoms with van der Waals surface area (Å²) in [6.45, 7) is 3.62. The fraction of sp³-hybridized carbons (Fsp3) is 0.389.